The quantitative estimate of drug-likeness (QED) is 0.479. The van der Waals surface area contributed by atoms with Gasteiger partial charge in [-0.15, -0.1) is 0 Å². The molecule has 0 aromatic rings. The van der Waals surface area contributed by atoms with Crippen LogP contribution in [0.15, 0.2) is 0 Å². The zero-order chi connectivity index (χ0) is 15.3. The molecule has 0 radical (unpaired) electrons. The molecule has 3 heteroatoms. The Morgan fingerprint density at radius 2 is 1.37 bits per heavy atom. The molecular formula is C16H35NO2. The maximum absolute atomic E-state index is 9.93. The third-order valence-corrected chi connectivity index (χ3v) is 4.10. The highest BCUT2D eigenvalue weighted by Crippen LogP contribution is 2.07. The van der Waals surface area contributed by atoms with E-state index in [0.29, 0.717) is 5.92 Å². The van der Waals surface area contributed by atoms with Crippen molar-refractivity contribution in [1.29, 1.82) is 0 Å². The number of rotatable bonds is 9. The zero-order valence-corrected chi connectivity index (χ0v) is 14.0. The minimum absolute atomic E-state index is 0.215. The van der Waals surface area contributed by atoms with Crippen molar-refractivity contribution in [3.63, 3.8) is 0 Å². The zero-order valence-electron chi connectivity index (χ0n) is 14.0. The molecular weight excluding hydrogens is 238 g/mol. The van der Waals surface area contributed by atoms with Gasteiger partial charge in [0.1, 0.15) is 0 Å². The van der Waals surface area contributed by atoms with Crippen molar-refractivity contribution in [1.82, 2.24) is 0 Å². The van der Waals surface area contributed by atoms with E-state index in [1.165, 1.54) is 30.7 Å². The molecule has 0 saturated carbocycles. The van der Waals surface area contributed by atoms with Crippen LogP contribution in [0.2, 0.25) is 0 Å². The molecule has 0 aromatic carbocycles. The highest BCUT2D eigenvalue weighted by molar-refractivity contribution is 5.63. The molecule has 0 N–H and O–H groups in total. The van der Waals surface area contributed by atoms with Crippen LogP contribution in [-0.2, 0) is 4.79 Å². The van der Waals surface area contributed by atoms with E-state index < -0.39 is 5.97 Å². The molecule has 0 aliphatic carbocycles. The fraction of sp³-hybridized carbons (Fsp3) is 0.938. The summed E-state index contributed by atoms with van der Waals surface area (Å²) in [5.74, 6) is -0.245. The standard InChI is InChI=1S/C8H20N.C8H16O2/c1-5-9(6-2,7-3)8-4;1-7(2)5-3-4-6-8(9)10/h5-8H2,1-4H3;7H,3-6H2,1-2H3,(H,9,10)/q+1;/p-1. The van der Waals surface area contributed by atoms with Crippen molar-refractivity contribution in [2.75, 3.05) is 26.2 Å². The molecule has 0 aliphatic heterocycles. The number of quaternary nitrogens is 1. The maximum atomic E-state index is 9.93. The summed E-state index contributed by atoms with van der Waals surface area (Å²) in [4.78, 5) is 9.93. The van der Waals surface area contributed by atoms with Crippen molar-refractivity contribution < 1.29 is 14.4 Å². The van der Waals surface area contributed by atoms with E-state index in [9.17, 15) is 9.90 Å². The lowest BCUT2D eigenvalue weighted by atomic mass is 10.1. The predicted molar refractivity (Wildman–Crippen MR) is 80.7 cm³/mol. The maximum Gasteiger partial charge on any atom is 0.0757 e. The first-order valence-electron chi connectivity index (χ1n) is 7.92. The van der Waals surface area contributed by atoms with Gasteiger partial charge in [0.05, 0.1) is 26.2 Å². The first-order valence-corrected chi connectivity index (χ1v) is 7.92. The van der Waals surface area contributed by atoms with Gasteiger partial charge in [-0.1, -0.05) is 26.7 Å². The smallest absolute Gasteiger partial charge is 0.0757 e. The summed E-state index contributed by atoms with van der Waals surface area (Å²) in [6, 6.07) is 0. The van der Waals surface area contributed by atoms with Crippen LogP contribution in [0.5, 0.6) is 0 Å². The monoisotopic (exact) mass is 273 g/mol. The van der Waals surface area contributed by atoms with E-state index in [-0.39, 0.29) is 6.42 Å². The largest absolute Gasteiger partial charge is 0.550 e. The number of unbranched alkanes of at least 4 members (excludes halogenated alkanes) is 1. The summed E-state index contributed by atoms with van der Waals surface area (Å²) in [5, 5.41) is 9.93. The van der Waals surface area contributed by atoms with Crippen molar-refractivity contribution in [2.45, 2.75) is 67.2 Å². The average Bonchev–Trinajstić information content (AvgIpc) is 2.38. The molecule has 0 heterocycles. The molecule has 0 fully saturated rings. The Morgan fingerprint density at radius 1 is 0.947 bits per heavy atom. The van der Waals surface area contributed by atoms with Crippen molar-refractivity contribution in [2.24, 2.45) is 5.92 Å². The summed E-state index contributed by atoms with van der Waals surface area (Å²) >= 11 is 0. The van der Waals surface area contributed by atoms with Gasteiger partial charge in [-0.05, 0) is 46.5 Å². The van der Waals surface area contributed by atoms with E-state index in [4.69, 9.17) is 0 Å². The topological polar surface area (TPSA) is 40.1 Å². The molecule has 0 unspecified atom stereocenters. The van der Waals surface area contributed by atoms with Crippen LogP contribution < -0.4 is 5.11 Å². The third-order valence-electron chi connectivity index (χ3n) is 4.10. The highest BCUT2D eigenvalue weighted by atomic mass is 16.4. The van der Waals surface area contributed by atoms with E-state index >= 15 is 0 Å². The lowest BCUT2D eigenvalue weighted by Crippen LogP contribution is -2.47. The summed E-state index contributed by atoms with van der Waals surface area (Å²) in [5.41, 5.74) is 0. The van der Waals surface area contributed by atoms with Gasteiger partial charge in [-0.25, -0.2) is 0 Å². The van der Waals surface area contributed by atoms with Gasteiger partial charge < -0.3 is 14.4 Å². The highest BCUT2D eigenvalue weighted by Gasteiger charge is 2.16. The van der Waals surface area contributed by atoms with Gasteiger partial charge in [0.2, 0.25) is 0 Å². The number of carbonyl (C=O) groups excluding carboxylic acids is 1. The number of hydrogen-bond acceptors (Lipinski definition) is 2. The van der Waals surface area contributed by atoms with E-state index in [1.807, 2.05) is 0 Å². The van der Waals surface area contributed by atoms with Gasteiger partial charge in [-0.2, -0.15) is 0 Å². The third kappa shape index (κ3) is 12.2. The number of aliphatic carboxylic acids is 1. The van der Waals surface area contributed by atoms with Gasteiger partial charge in [0.25, 0.3) is 0 Å². The first-order chi connectivity index (χ1) is 8.87. The Hall–Kier alpha value is -0.570. The van der Waals surface area contributed by atoms with Crippen LogP contribution >= 0.6 is 0 Å². The van der Waals surface area contributed by atoms with E-state index in [0.717, 1.165) is 19.3 Å². The van der Waals surface area contributed by atoms with Crippen LogP contribution in [0.25, 0.3) is 0 Å². The van der Waals surface area contributed by atoms with Gasteiger partial charge in [-0.3, -0.25) is 0 Å². The van der Waals surface area contributed by atoms with Gasteiger partial charge >= 0.3 is 0 Å². The lowest BCUT2D eigenvalue weighted by molar-refractivity contribution is -0.921. The molecule has 0 saturated heterocycles. The Bertz CT molecular complexity index is 193. The van der Waals surface area contributed by atoms with Crippen molar-refractivity contribution in [3.05, 3.63) is 0 Å². The van der Waals surface area contributed by atoms with E-state index in [1.54, 1.807) is 0 Å². The van der Waals surface area contributed by atoms with Crippen LogP contribution in [0.4, 0.5) is 0 Å². The second kappa shape index (κ2) is 12.5. The van der Waals surface area contributed by atoms with Crippen LogP contribution in [-0.4, -0.2) is 36.6 Å². The Morgan fingerprint density at radius 3 is 1.58 bits per heavy atom. The second-order valence-corrected chi connectivity index (χ2v) is 5.62. The van der Waals surface area contributed by atoms with Crippen molar-refractivity contribution >= 4 is 5.97 Å². The Kier molecular flexibility index (Phi) is 13.6. The van der Waals surface area contributed by atoms with Gasteiger partial charge in [0.15, 0.2) is 0 Å². The van der Waals surface area contributed by atoms with Crippen LogP contribution in [0.3, 0.4) is 0 Å². The summed E-state index contributed by atoms with van der Waals surface area (Å²) < 4.78 is 1.28. The van der Waals surface area contributed by atoms with Crippen LogP contribution in [0.1, 0.15) is 67.2 Å². The number of nitrogens with zero attached hydrogens (tertiary/aromatic N) is 1. The fourth-order valence-electron chi connectivity index (χ4n) is 2.16. The summed E-state index contributed by atoms with van der Waals surface area (Å²) in [6.45, 7) is 18.5. The van der Waals surface area contributed by atoms with Crippen LogP contribution in [0, 0.1) is 5.92 Å². The molecule has 19 heavy (non-hydrogen) atoms. The minimum atomic E-state index is -0.927. The first kappa shape index (κ1) is 20.7. The molecule has 0 aliphatic rings. The average molecular weight is 273 g/mol. The number of carboxylic acid groups (broad SMARTS) is 1. The molecule has 0 atom stereocenters. The SMILES string of the molecule is CC(C)CCCCC(=O)[O-].CC[N+](CC)(CC)CC. The van der Waals surface area contributed by atoms with E-state index in [2.05, 4.69) is 41.5 Å². The molecule has 0 aromatic heterocycles. The molecule has 0 bridgehead atoms. The molecule has 3 nitrogen and oxygen atoms in total. The predicted octanol–water partition coefficient (Wildman–Crippen LogP) is 2.84. The number of carbonyl (C=O) groups is 1. The molecule has 0 rings (SSSR count). The summed E-state index contributed by atoms with van der Waals surface area (Å²) in [7, 11) is 0. The number of hydrogen-bond donors (Lipinski definition) is 0. The fourth-order valence-corrected chi connectivity index (χ4v) is 2.16. The van der Waals surface area contributed by atoms with Crippen molar-refractivity contribution in [3.8, 4) is 0 Å². The van der Waals surface area contributed by atoms with Gasteiger partial charge in [0, 0.05) is 5.97 Å². The Labute approximate surface area is 120 Å². The minimum Gasteiger partial charge on any atom is -0.550 e. The number of carboxylic acids is 1. The normalized spacial score (nSPS) is 11.1. The Balaban J connectivity index is 0. The molecule has 116 valence electrons. The molecule has 0 spiro atoms. The lowest BCUT2D eigenvalue weighted by Gasteiger charge is -2.34. The second-order valence-electron chi connectivity index (χ2n) is 5.62. The molecule has 0 amide bonds. The summed E-state index contributed by atoms with van der Waals surface area (Å²) in [6.07, 6.45) is 3.10.